The summed E-state index contributed by atoms with van der Waals surface area (Å²) >= 11 is 0. The third-order valence-corrected chi connectivity index (χ3v) is 7.13. The normalized spacial score (nSPS) is 20.3. The molecule has 0 unspecified atom stereocenters. The van der Waals surface area contributed by atoms with Gasteiger partial charge in [0.25, 0.3) is 0 Å². The summed E-state index contributed by atoms with van der Waals surface area (Å²) < 4.78 is 33.2. The fraction of sp³-hybridized carbons (Fsp3) is 0.667. The zero-order valence-electron chi connectivity index (χ0n) is 14.8. The maximum Gasteiger partial charge on any atom is 0.247 e. The molecule has 0 atom stereocenters. The highest BCUT2D eigenvalue weighted by atomic mass is 32.2. The molecule has 134 valence electrons. The summed E-state index contributed by atoms with van der Waals surface area (Å²) in [7, 11) is -1.98. The number of hydrogen-bond donors (Lipinski definition) is 1. The number of benzene rings is 1. The fourth-order valence-electron chi connectivity index (χ4n) is 3.48. The van der Waals surface area contributed by atoms with Gasteiger partial charge in [-0.15, -0.1) is 0 Å². The van der Waals surface area contributed by atoms with Gasteiger partial charge in [-0.1, -0.05) is 6.07 Å². The van der Waals surface area contributed by atoms with E-state index >= 15 is 0 Å². The minimum Gasteiger partial charge on any atom is -0.495 e. The topological polar surface area (TPSA) is 58.6 Å². The molecule has 1 N–H and O–H groups in total. The number of sulfonamides is 1. The van der Waals surface area contributed by atoms with Gasteiger partial charge in [0.05, 0.1) is 7.11 Å². The van der Waals surface area contributed by atoms with E-state index in [0.29, 0.717) is 29.8 Å². The second-order valence-corrected chi connectivity index (χ2v) is 9.02. The summed E-state index contributed by atoms with van der Waals surface area (Å²) in [5.41, 5.74) is 1.76. The predicted molar refractivity (Wildman–Crippen MR) is 95.0 cm³/mol. The second kappa shape index (κ2) is 7.02. The van der Waals surface area contributed by atoms with Crippen molar-refractivity contribution < 1.29 is 13.2 Å². The van der Waals surface area contributed by atoms with E-state index < -0.39 is 10.0 Å². The van der Waals surface area contributed by atoms with Crippen molar-refractivity contribution in [2.75, 3.05) is 26.7 Å². The number of nitrogens with one attached hydrogen (secondary N) is 1. The number of aryl methyl sites for hydroxylation is 2. The van der Waals surface area contributed by atoms with Gasteiger partial charge in [0.2, 0.25) is 10.0 Å². The van der Waals surface area contributed by atoms with E-state index in [4.69, 9.17) is 4.74 Å². The summed E-state index contributed by atoms with van der Waals surface area (Å²) in [6, 6.07) is 4.14. The van der Waals surface area contributed by atoms with Crippen LogP contribution in [-0.4, -0.2) is 45.5 Å². The van der Waals surface area contributed by atoms with Crippen LogP contribution in [0.5, 0.6) is 5.75 Å². The average Bonchev–Trinajstić information content (AvgIpc) is 3.36. The van der Waals surface area contributed by atoms with E-state index in [0.717, 1.165) is 36.4 Å². The maximum absolute atomic E-state index is 13.1. The summed E-state index contributed by atoms with van der Waals surface area (Å²) in [5, 5.41) is 3.59. The summed E-state index contributed by atoms with van der Waals surface area (Å²) in [6.07, 6.45) is 4.43. The molecule has 1 aliphatic heterocycles. The highest BCUT2D eigenvalue weighted by Gasteiger charge is 2.33. The Morgan fingerprint density at radius 2 is 1.83 bits per heavy atom. The van der Waals surface area contributed by atoms with E-state index in [9.17, 15) is 8.42 Å². The molecular formula is C18H28N2O3S. The molecule has 2 aliphatic rings. The molecule has 24 heavy (non-hydrogen) atoms. The van der Waals surface area contributed by atoms with Crippen LogP contribution >= 0.6 is 0 Å². The molecule has 0 aromatic heterocycles. The van der Waals surface area contributed by atoms with E-state index in [-0.39, 0.29) is 0 Å². The predicted octanol–water partition coefficient (Wildman–Crippen LogP) is 2.46. The Bertz CT molecular complexity index is 690. The summed E-state index contributed by atoms with van der Waals surface area (Å²) in [4.78, 5) is 0.319. The van der Waals surface area contributed by atoms with Gasteiger partial charge in [-0.25, -0.2) is 8.42 Å². The molecule has 1 aromatic rings. The van der Waals surface area contributed by atoms with Crippen LogP contribution in [0.3, 0.4) is 0 Å². The fourth-order valence-corrected chi connectivity index (χ4v) is 5.29. The Balaban J connectivity index is 1.72. The quantitative estimate of drug-likeness (QED) is 0.854. The molecular weight excluding hydrogens is 324 g/mol. The number of piperidine rings is 1. The first-order valence-electron chi connectivity index (χ1n) is 8.80. The van der Waals surface area contributed by atoms with Gasteiger partial charge in [0.15, 0.2) is 0 Å². The minimum absolute atomic E-state index is 0.319. The second-order valence-electron chi connectivity index (χ2n) is 7.14. The van der Waals surface area contributed by atoms with E-state index in [1.54, 1.807) is 10.4 Å². The number of methoxy groups -OCH3 is 1. The van der Waals surface area contributed by atoms with Crippen LogP contribution in [0.4, 0.5) is 0 Å². The Labute approximate surface area is 145 Å². The first kappa shape index (κ1) is 17.7. The molecule has 3 rings (SSSR count). The lowest BCUT2D eigenvalue weighted by atomic mass is 10.1. The van der Waals surface area contributed by atoms with Crippen molar-refractivity contribution in [3.05, 3.63) is 23.3 Å². The Hall–Kier alpha value is -1.11. The molecule has 6 heteroatoms. The summed E-state index contributed by atoms with van der Waals surface area (Å²) in [6.45, 7) is 6.01. The monoisotopic (exact) mass is 352 g/mol. The molecule has 0 amide bonds. The molecule has 1 saturated heterocycles. The third kappa shape index (κ3) is 3.76. The largest absolute Gasteiger partial charge is 0.495 e. The lowest BCUT2D eigenvalue weighted by Crippen LogP contribution is -2.45. The van der Waals surface area contributed by atoms with Gasteiger partial charge < -0.3 is 10.1 Å². The maximum atomic E-state index is 13.1. The standard InChI is InChI=1S/C18H28N2O3S/c1-13-10-14(2)18(17(11-13)23-3)24(21,22)20-8-6-16(7-9-20)19-12-15-4-5-15/h10-11,15-16,19H,4-9,12H2,1-3H3. The van der Waals surface area contributed by atoms with E-state index in [1.807, 2.05) is 19.9 Å². The van der Waals surface area contributed by atoms with Crippen molar-refractivity contribution in [3.63, 3.8) is 0 Å². The molecule has 1 saturated carbocycles. The molecule has 1 aromatic carbocycles. The molecule has 1 aliphatic carbocycles. The van der Waals surface area contributed by atoms with Crippen LogP contribution in [0.1, 0.15) is 36.8 Å². The van der Waals surface area contributed by atoms with Crippen molar-refractivity contribution in [1.82, 2.24) is 9.62 Å². The molecule has 0 radical (unpaired) electrons. The van der Waals surface area contributed by atoms with Gasteiger partial charge >= 0.3 is 0 Å². The Morgan fingerprint density at radius 1 is 1.17 bits per heavy atom. The molecule has 1 heterocycles. The Morgan fingerprint density at radius 3 is 2.42 bits per heavy atom. The Kier molecular flexibility index (Phi) is 5.18. The zero-order chi connectivity index (χ0) is 17.3. The molecule has 5 nitrogen and oxygen atoms in total. The van der Waals surface area contributed by atoms with Crippen molar-refractivity contribution in [2.24, 2.45) is 5.92 Å². The lowest BCUT2D eigenvalue weighted by molar-refractivity contribution is 0.287. The third-order valence-electron chi connectivity index (χ3n) is 5.05. The number of nitrogens with zero attached hydrogens (tertiary/aromatic N) is 1. The van der Waals surface area contributed by atoms with Gasteiger partial charge in [-0.3, -0.25) is 0 Å². The van der Waals surface area contributed by atoms with Crippen molar-refractivity contribution in [3.8, 4) is 5.75 Å². The van der Waals surface area contributed by atoms with Gasteiger partial charge in [-0.05, 0) is 69.2 Å². The smallest absolute Gasteiger partial charge is 0.247 e. The van der Waals surface area contributed by atoms with E-state index in [2.05, 4.69) is 5.32 Å². The van der Waals surface area contributed by atoms with Gasteiger partial charge in [0, 0.05) is 19.1 Å². The minimum atomic E-state index is -3.51. The van der Waals surface area contributed by atoms with Crippen LogP contribution in [0, 0.1) is 19.8 Å². The van der Waals surface area contributed by atoms with Crippen molar-refractivity contribution >= 4 is 10.0 Å². The van der Waals surface area contributed by atoms with Crippen LogP contribution in [-0.2, 0) is 10.0 Å². The summed E-state index contributed by atoms with van der Waals surface area (Å²) in [5.74, 6) is 1.30. The van der Waals surface area contributed by atoms with Crippen molar-refractivity contribution in [1.29, 1.82) is 0 Å². The van der Waals surface area contributed by atoms with Crippen LogP contribution in [0.15, 0.2) is 17.0 Å². The molecule has 0 spiro atoms. The van der Waals surface area contributed by atoms with Crippen LogP contribution in [0.2, 0.25) is 0 Å². The van der Waals surface area contributed by atoms with Gasteiger partial charge in [-0.2, -0.15) is 4.31 Å². The van der Waals surface area contributed by atoms with Crippen LogP contribution in [0.25, 0.3) is 0 Å². The highest BCUT2D eigenvalue weighted by Crippen LogP contribution is 2.33. The molecule has 2 fully saturated rings. The SMILES string of the molecule is COc1cc(C)cc(C)c1S(=O)(=O)N1CCC(NCC2CC2)CC1. The lowest BCUT2D eigenvalue weighted by Gasteiger charge is -2.32. The number of ether oxygens (including phenoxy) is 1. The first-order chi connectivity index (χ1) is 11.4. The molecule has 0 bridgehead atoms. The average molecular weight is 353 g/mol. The van der Waals surface area contributed by atoms with Crippen LogP contribution < -0.4 is 10.1 Å². The van der Waals surface area contributed by atoms with Gasteiger partial charge in [0.1, 0.15) is 10.6 Å². The first-order valence-corrected chi connectivity index (χ1v) is 10.2. The number of hydrogen-bond acceptors (Lipinski definition) is 4. The van der Waals surface area contributed by atoms with E-state index in [1.165, 1.54) is 20.0 Å². The number of rotatable bonds is 6. The zero-order valence-corrected chi connectivity index (χ0v) is 15.7. The highest BCUT2D eigenvalue weighted by molar-refractivity contribution is 7.89. The van der Waals surface area contributed by atoms with Crippen molar-refractivity contribution in [2.45, 2.75) is 50.5 Å².